The van der Waals surface area contributed by atoms with Gasteiger partial charge in [0.15, 0.2) is 6.23 Å². The molecule has 10 nitrogen and oxygen atoms in total. The highest BCUT2D eigenvalue weighted by Gasteiger charge is 2.49. The summed E-state index contributed by atoms with van der Waals surface area (Å²) in [5, 5.41) is 19.4. The molecule has 58 heavy (non-hydrogen) atoms. The molecule has 0 bridgehead atoms. The lowest BCUT2D eigenvalue weighted by molar-refractivity contribution is -0.0951. The molecule has 1 aliphatic rings. The Hall–Kier alpha value is -6.30. The van der Waals surface area contributed by atoms with E-state index in [9.17, 15) is 14.7 Å². The Morgan fingerprint density at radius 2 is 1.29 bits per heavy atom. The van der Waals surface area contributed by atoms with Crippen LogP contribution in [0, 0.1) is 0 Å². The van der Waals surface area contributed by atoms with Crippen molar-refractivity contribution in [1.82, 2.24) is 14.5 Å². The average molecular weight is 774 g/mol. The number of hydrogen-bond acceptors (Lipinski definition) is 8. The van der Waals surface area contributed by atoms with Crippen molar-refractivity contribution in [2.24, 2.45) is 0 Å². The van der Waals surface area contributed by atoms with E-state index in [-0.39, 0.29) is 6.61 Å². The van der Waals surface area contributed by atoms with Crippen molar-refractivity contribution in [2.75, 3.05) is 27.9 Å². The minimum absolute atomic E-state index is 0.0637. The quantitative estimate of drug-likeness (QED) is 0.0989. The lowest BCUT2D eigenvalue weighted by Gasteiger charge is -2.37. The molecule has 0 amide bonds. The summed E-state index contributed by atoms with van der Waals surface area (Å²) in [6.07, 6.45) is -1.56. The van der Waals surface area contributed by atoms with Gasteiger partial charge in [0, 0.05) is 18.8 Å². The second-order valence-electron chi connectivity index (χ2n) is 14.9. The fourth-order valence-electron chi connectivity index (χ4n) is 8.79. The fraction of sp³-hybridized carbons (Fsp3) is 0.208. The number of aromatic amines is 1. The zero-order valence-electron chi connectivity index (χ0n) is 32.4. The maximum absolute atomic E-state index is 13.4. The van der Waals surface area contributed by atoms with Crippen molar-refractivity contribution in [1.29, 1.82) is 0 Å². The first-order chi connectivity index (χ1) is 28.3. The molecule has 0 saturated carbocycles. The number of H-pyrrole nitrogens is 1. The molecule has 1 aliphatic heterocycles. The number of aliphatic hydroxyl groups excluding tert-OH is 1. The monoisotopic (exact) mass is 773 g/mol. The summed E-state index contributed by atoms with van der Waals surface area (Å²) in [6, 6.07) is 45.2. The Kier molecular flexibility index (Phi) is 9.79. The summed E-state index contributed by atoms with van der Waals surface area (Å²) in [6.45, 7) is 0.374. The van der Waals surface area contributed by atoms with E-state index in [0.29, 0.717) is 18.0 Å². The molecule has 2 N–H and O–H groups in total. The van der Waals surface area contributed by atoms with Gasteiger partial charge >= 0.3 is 5.69 Å². The third kappa shape index (κ3) is 6.40. The smallest absolute Gasteiger partial charge is 0.330 e. The van der Waals surface area contributed by atoms with Crippen LogP contribution in [-0.2, 0) is 21.6 Å². The third-order valence-electron chi connectivity index (χ3n) is 11.6. The van der Waals surface area contributed by atoms with E-state index in [1.165, 1.54) is 38.4 Å². The summed E-state index contributed by atoms with van der Waals surface area (Å²) in [7, 11) is 5.17. The van der Waals surface area contributed by atoms with Crippen molar-refractivity contribution >= 4 is 32.3 Å². The summed E-state index contributed by atoms with van der Waals surface area (Å²) in [5.74, 6) is 1.39. The van der Waals surface area contributed by atoms with Gasteiger partial charge < -0.3 is 24.1 Å². The highest BCUT2D eigenvalue weighted by molar-refractivity contribution is 6.23. The van der Waals surface area contributed by atoms with E-state index < -0.39 is 41.3 Å². The van der Waals surface area contributed by atoms with E-state index in [4.69, 9.17) is 18.9 Å². The van der Waals surface area contributed by atoms with Gasteiger partial charge in [0.05, 0.1) is 26.9 Å². The fourth-order valence-corrected chi connectivity index (χ4v) is 8.79. The predicted molar refractivity (Wildman–Crippen MR) is 225 cm³/mol. The Labute approximate surface area is 334 Å². The van der Waals surface area contributed by atoms with Gasteiger partial charge in [0.2, 0.25) is 0 Å². The normalized spacial score (nSPS) is 18.4. The number of aliphatic hydroxyl groups is 1. The summed E-state index contributed by atoms with van der Waals surface area (Å²) >= 11 is 0. The molecule has 2 heterocycles. The van der Waals surface area contributed by atoms with Gasteiger partial charge in [-0.05, 0) is 85.9 Å². The van der Waals surface area contributed by atoms with E-state index >= 15 is 0 Å². The molecule has 292 valence electrons. The van der Waals surface area contributed by atoms with Crippen molar-refractivity contribution in [3.8, 4) is 11.5 Å². The van der Waals surface area contributed by atoms with Gasteiger partial charge in [0.1, 0.15) is 29.3 Å². The Bertz CT molecular complexity index is 2760. The molecule has 9 rings (SSSR count). The number of rotatable bonds is 12. The molecule has 1 saturated heterocycles. The van der Waals surface area contributed by atoms with Gasteiger partial charge in [-0.15, -0.1) is 0 Å². The first kappa shape index (κ1) is 37.3. The highest BCUT2D eigenvalue weighted by Crippen LogP contribution is 2.44. The highest BCUT2D eigenvalue weighted by atomic mass is 16.6. The van der Waals surface area contributed by atoms with E-state index in [1.807, 2.05) is 90.8 Å². The number of likely N-dealkylation sites (N-methyl/N-ethyl adjacent to an activating group) is 1. The standard InChI is InChI=1S/C48H43N3O7/c1-50(28-33-15-14-32-13-12-30-8-7-9-31-16-25-39(33)43(32)42(30)31)44-45(53)40(58-46(44)51-27-26-41(52)49-47(51)54)29-57-48(34-10-5-4-6-11-34,35-17-21-37(55-2)22-18-35)36-19-23-38(56-3)24-20-36/h4-27,40,44-46,53H,28-29H2,1-3H3,(H,49,52,54)/t40-,44-,45-,46-/m1/s1. The van der Waals surface area contributed by atoms with Crippen molar-refractivity contribution in [3.05, 3.63) is 189 Å². The van der Waals surface area contributed by atoms with Crippen LogP contribution in [0.1, 0.15) is 28.5 Å². The Morgan fingerprint density at radius 3 is 1.91 bits per heavy atom. The lowest BCUT2D eigenvalue weighted by Crippen LogP contribution is -2.47. The van der Waals surface area contributed by atoms with Gasteiger partial charge in [0.25, 0.3) is 5.56 Å². The van der Waals surface area contributed by atoms with Gasteiger partial charge in [-0.1, -0.05) is 109 Å². The topological polar surface area (TPSA) is 115 Å². The minimum Gasteiger partial charge on any atom is -0.497 e. The van der Waals surface area contributed by atoms with E-state index in [1.54, 1.807) is 14.2 Å². The number of aromatic nitrogens is 2. The van der Waals surface area contributed by atoms with Crippen LogP contribution in [0.3, 0.4) is 0 Å². The third-order valence-corrected chi connectivity index (χ3v) is 11.6. The molecule has 0 spiro atoms. The van der Waals surface area contributed by atoms with Crippen LogP contribution < -0.4 is 20.7 Å². The molecule has 0 radical (unpaired) electrons. The van der Waals surface area contributed by atoms with Gasteiger partial charge in [-0.2, -0.15) is 0 Å². The SMILES string of the molecule is COc1ccc(C(OC[C@H]2O[C@@H](n3ccc(=O)[nH]c3=O)[C@H](N(C)Cc3ccc4ccc5cccc6ccc3c4c56)[C@@H]2O)(c2ccccc2)c2ccc(OC)cc2)cc1. The molecule has 1 fully saturated rings. The van der Waals surface area contributed by atoms with Crippen molar-refractivity contribution < 1.29 is 24.1 Å². The van der Waals surface area contributed by atoms with Crippen LogP contribution in [-0.4, -0.2) is 65.7 Å². The lowest BCUT2D eigenvalue weighted by atomic mass is 9.80. The van der Waals surface area contributed by atoms with Crippen LogP contribution in [0.25, 0.3) is 32.3 Å². The number of nitrogens with one attached hydrogen (secondary N) is 1. The number of hydrogen-bond donors (Lipinski definition) is 2. The average Bonchev–Trinajstić information content (AvgIpc) is 3.59. The van der Waals surface area contributed by atoms with Crippen molar-refractivity contribution in [3.63, 3.8) is 0 Å². The zero-order chi connectivity index (χ0) is 40.0. The molecular weight excluding hydrogens is 731 g/mol. The molecule has 0 unspecified atom stereocenters. The van der Waals surface area contributed by atoms with Crippen LogP contribution in [0.5, 0.6) is 11.5 Å². The molecule has 8 aromatic rings. The number of nitrogens with zero attached hydrogens (tertiary/aromatic N) is 2. The second-order valence-corrected chi connectivity index (χ2v) is 14.9. The minimum atomic E-state index is -1.17. The largest absolute Gasteiger partial charge is 0.497 e. The first-order valence-corrected chi connectivity index (χ1v) is 19.3. The van der Waals surface area contributed by atoms with E-state index in [0.717, 1.165) is 33.0 Å². The van der Waals surface area contributed by atoms with Crippen LogP contribution in [0.2, 0.25) is 0 Å². The van der Waals surface area contributed by atoms with E-state index in [2.05, 4.69) is 59.6 Å². The van der Waals surface area contributed by atoms with Crippen molar-refractivity contribution in [2.45, 2.75) is 36.6 Å². The van der Waals surface area contributed by atoms with Crippen LogP contribution in [0.4, 0.5) is 0 Å². The number of ether oxygens (including phenoxy) is 4. The van der Waals surface area contributed by atoms with Gasteiger partial charge in [-0.25, -0.2) is 4.79 Å². The van der Waals surface area contributed by atoms with Crippen LogP contribution >= 0.6 is 0 Å². The van der Waals surface area contributed by atoms with Gasteiger partial charge in [-0.3, -0.25) is 19.2 Å². The Balaban J connectivity index is 1.11. The molecular formula is C48H43N3O7. The summed E-state index contributed by atoms with van der Waals surface area (Å²) in [5.41, 5.74) is 1.25. The maximum atomic E-state index is 13.4. The molecule has 1 aromatic heterocycles. The summed E-state index contributed by atoms with van der Waals surface area (Å²) < 4.78 is 26.2. The number of benzene rings is 7. The maximum Gasteiger partial charge on any atom is 0.330 e. The second kappa shape index (κ2) is 15.2. The Morgan fingerprint density at radius 1 is 0.707 bits per heavy atom. The molecule has 4 atom stereocenters. The first-order valence-electron chi connectivity index (χ1n) is 19.3. The molecule has 7 aromatic carbocycles. The zero-order valence-corrected chi connectivity index (χ0v) is 32.4. The molecule has 10 heteroatoms. The summed E-state index contributed by atoms with van der Waals surface area (Å²) in [4.78, 5) is 30.0. The van der Waals surface area contributed by atoms with Crippen LogP contribution in [0.15, 0.2) is 155 Å². The molecule has 0 aliphatic carbocycles. The predicted octanol–water partition coefficient (Wildman–Crippen LogP) is 7.22. The number of methoxy groups -OCH3 is 2.